The molecule has 1 fully saturated rings. The number of carbonyl (C=O) groups is 2. The van der Waals surface area contributed by atoms with Crippen LogP contribution in [-0.2, 0) is 9.59 Å². The Morgan fingerprint density at radius 3 is 2.56 bits per heavy atom. The first-order chi connectivity index (χ1) is 7.52. The van der Waals surface area contributed by atoms with Crippen LogP contribution in [-0.4, -0.2) is 45.7 Å². The fourth-order valence-electron chi connectivity index (χ4n) is 1.92. The van der Waals surface area contributed by atoms with Gasteiger partial charge in [-0.3, -0.25) is 14.3 Å². The van der Waals surface area contributed by atoms with Crippen molar-refractivity contribution in [2.45, 2.75) is 19.4 Å². The van der Waals surface area contributed by atoms with E-state index in [9.17, 15) is 9.59 Å². The zero-order chi connectivity index (χ0) is 11.9. The highest BCUT2D eigenvalue weighted by molar-refractivity contribution is 6.03. The van der Waals surface area contributed by atoms with Crippen molar-refractivity contribution in [1.29, 1.82) is 0 Å². The number of amides is 2. The molecule has 0 N–H and O–H groups in total. The minimum absolute atomic E-state index is 0.180. The Labute approximate surface area is 93.4 Å². The van der Waals surface area contributed by atoms with Gasteiger partial charge in [0.25, 0.3) is 5.91 Å². The molecule has 1 unspecified atom stereocenters. The molecule has 1 aliphatic heterocycles. The standard InChI is InChI=1S/C10H14N4O2/c1-7-4-5-11-13(7)8-6-9(15)14(10(8)16)12(2)3/h4-5,8H,6H2,1-3H3. The van der Waals surface area contributed by atoms with E-state index in [-0.39, 0.29) is 18.2 Å². The van der Waals surface area contributed by atoms with Gasteiger partial charge < -0.3 is 0 Å². The highest BCUT2D eigenvalue weighted by Gasteiger charge is 2.41. The fourth-order valence-corrected chi connectivity index (χ4v) is 1.92. The molecule has 6 heteroatoms. The van der Waals surface area contributed by atoms with E-state index >= 15 is 0 Å². The Bertz CT molecular complexity index is 438. The summed E-state index contributed by atoms with van der Waals surface area (Å²) in [5.74, 6) is -0.406. The quantitative estimate of drug-likeness (QED) is 0.659. The monoisotopic (exact) mass is 222 g/mol. The lowest BCUT2D eigenvalue weighted by atomic mass is 10.2. The van der Waals surface area contributed by atoms with E-state index < -0.39 is 6.04 Å². The van der Waals surface area contributed by atoms with E-state index in [1.165, 1.54) is 5.01 Å². The van der Waals surface area contributed by atoms with Crippen LogP contribution in [0.5, 0.6) is 0 Å². The number of aryl methyl sites for hydroxylation is 1. The third kappa shape index (κ3) is 1.51. The minimum Gasteiger partial charge on any atom is -0.273 e. The predicted molar refractivity (Wildman–Crippen MR) is 56.2 cm³/mol. The van der Waals surface area contributed by atoms with Gasteiger partial charge in [0, 0.05) is 26.0 Å². The lowest BCUT2D eigenvalue weighted by Crippen LogP contribution is -2.42. The van der Waals surface area contributed by atoms with Gasteiger partial charge in [0.2, 0.25) is 5.91 Å². The van der Waals surface area contributed by atoms with Crippen molar-refractivity contribution in [2.24, 2.45) is 0 Å². The number of carbonyl (C=O) groups excluding carboxylic acids is 2. The van der Waals surface area contributed by atoms with E-state index in [0.717, 1.165) is 10.7 Å². The van der Waals surface area contributed by atoms with Crippen molar-refractivity contribution in [3.8, 4) is 0 Å². The van der Waals surface area contributed by atoms with Crippen LogP contribution in [0.15, 0.2) is 12.3 Å². The van der Waals surface area contributed by atoms with Crippen LogP contribution in [0.1, 0.15) is 18.2 Å². The summed E-state index contributed by atoms with van der Waals surface area (Å²) in [7, 11) is 3.35. The van der Waals surface area contributed by atoms with Crippen molar-refractivity contribution in [3.05, 3.63) is 18.0 Å². The Hall–Kier alpha value is -1.69. The number of hydrogen-bond donors (Lipinski definition) is 0. The molecule has 0 saturated carbocycles. The minimum atomic E-state index is -0.495. The summed E-state index contributed by atoms with van der Waals surface area (Å²) < 4.78 is 1.60. The van der Waals surface area contributed by atoms with E-state index in [0.29, 0.717) is 0 Å². The topological polar surface area (TPSA) is 58.4 Å². The average molecular weight is 222 g/mol. The lowest BCUT2D eigenvalue weighted by molar-refractivity contribution is -0.153. The molecule has 1 aromatic heterocycles. The molecule has 0 bridgehead atoms. The molecule has 86 valence electrons. The van der Waals surface area contributed by atoms with Crippen LogP contribution in [0.25, 0.3) is 0 Å². The average Bonchev–Trinajstić information content (AvgIpc) is 2.70. The van der Waals surface area contributed by atoms with Crippen molar-refractivity contribution in [2.75, 3.05) is 14.1 Å². The van der Waals surface area contributed by atoms with Gasteiger partial charge in [-0.1, -0.05) is 0 Å². The summed E-state index contributed by atoms with van der Waals surface area (Å²) in [5, 5.41) is 6.74. The number of nitrogens with zero attached hydrogens (tertiary/aromatic N) is 4. The number of aromatic nitrogens is 2. The van der Waals surface area contributed by atoms with E-state index in [2.05, 4.69) is 5.10 Å². The summed E-state index contributed by atoms with van der Waals surface area (Å²) in [6.07, 6.45) is 1.81. The molecule has 1 aromatic rings. The van der Waals surface area contributed by atoms with Gasteiger partial charge in [-0.05, 0) is 13.0 Å². The molecule has 2 heterocycles. The van der Waals surface area contributed by atoms with Gasteiger partial charge in [0.05, 0.1) is 6.42 Å². The molecule has 16 heavy (non-hydrogen) atoms. The van der Waals surface area contributed by atoms with Crippen molar-refractivity contribution < 1.29 is 9.59 Å². The number of imide groups is 1. The normalized spacial score (nSPS) is 21.2. The molecule has 2 amide bonds. The summed E-state index contributed by atoms with van der Waals surface area (Å²) in [4.78, 5) is 23.7. The number of rotatable bonds is 2. The second kappa shape index (κ2) is 3.71. The van der Waals surface area contributed by atoms with Gasteiger partial charge in [-0.25, -0.2) is 10.0 Å². The molecular formula is C10H14N4O2. The predicted octanol–water partition coefficient (Wildman–Crippen LogP) is -0.0319. The third-order valence-electron chi connectivity index (χ3n) is 2.66. The molecular weight excluding hydrogens is 208 g/mol. The molecule has 1 saturated heterocycles. The summed E-state index contributed by atoms with van der Waals surface area (Å²) in [6.45, 7) is 1.86. The highest BCUT2D eigenvalue weighted by atomic mass is 16.2. The Kier molecular flexibility index (Phi) is 2.51. The molecule has 2 rings (SSSR count). The van der Waals surface area contributed by atoms with Crippen LogP contribution in [0.4, 0.5) is 0 Å². The molecule has 1 atom stereocenters. The molecule has 0 radical (unpaired) electrons. The van der Waals surface area contributed by atoms with Gasteiger partial charge in [-0.2, -0.15) is 5.10 Å². The second-order valence-electron chi connectivity index (χ2n) is 4.03. The number of hydrazine groups is 1. The zero-order valence-corrected chi connectivity index (χ0v) is 9.54. The Balaban J connectivity index is 2.31. The summed E-state index contributed by atoms with van der Waals surface area (Å²) in [6, 6.07) is 1.32. The first-order valence-corrected chi connectivity index (χ1v) is 5.06. The van der Waals surface area contributed by atoms with Crippen molar-refractivity contribution in [1.82, 2.24) is 19.8 Å². The maximum absolute atomic E-state index is 12.0. The van der Waals surface area contributed by atoms with Crippen LogP contribution in [0.3, 0.4) is 0 Å². The molecule has 1 aliphatic rings. The van der Waals surface area contributed by atoms with Crippen molar-refractivity contribution in [3.63, 3.8) is 0 Å². The first-order valence-electron chi connectivity index (χ1n) is 5.06. The van der Waals surface area contributed by atoms with E-state index in [1.54, 1.807) is 25.0 Å². The lowest BCUT2D eigenvalue weighted by Gasteiger charge is -2.21. The summed E-state index contributed by atoms with van der Waals surface area (Å²) in [5.41, 5.74) is 0.881. The largest absolute Gasteiger partial charge is 0.273 e. The smallest absolute Gasteiger partial charge is 0.269 e. The van der Waals surface area contributed by atoms with E-state index in [1.807, 2.05) is 13.0 Å². The molecule has 0 aliphatic carbocycles. The fraction of sp³-hybridized carbons (Fsp3) is 0.500. The van der Waals surface area contributed by atoms with Gasteiger partial charge >= 0.3 is 0 Å². The maximum atomic E-state index is 12.0. The van der Waals surface area contributed by atoms with Crippen LogP contribution in [0.2, 0.25) is 0 Å². The molecule has 0 spiro atoms. The van der Waals surface area contributed by atoms with Gasteiger partial charge in [-0.15, -0.1) is 0 Å². The third-order valence-corrected chi connectivity index (χ3v) is 2.66. The Morgan fingerprint density at radius 1 is 1.44 bits per heavy atom. The van der Waals surface area contributed by atoms with Gasteiger partial charge in [0.15, 0.2) is 0 Å². The Morgan fingerprint density at radius 2 is 2.12 bits per heavy atom. The zero-order valence-electron chi connectivity index (χ0n) is 9.54. The second-order valence-corrected chi connectivity index (χ2v) is 4.03. The van der Waals surface area contributed by atoms with Crippen LogP contribution < -0.4 is 0 Å². The molecule has 0 aromatic carbocycles. The van der Waals surface area contributed by atoms with Crippen molar-refractivity contribution >= 4 is 11.8 Å². The maximum Gasteiger partial charge on any atom is 0.269 e. The first kappa shape index (κ1) is 10.8. The van der Waals surface area contributed by atoms with Crippen LogP contribution >= 0.6 is 0 Å². The summed E-state index contributed by atoms with van der Waals surface area (Å²) >= 11 is 0. The SMILES string of the molecule is Cc1ccnn1C1CC(=O)N(N(C)C)C1=O. The van der Waals surface area contributed by atoms with Gasteiger partial charge in [0.1, 0.15) is 6.04 Å². The number of hydrogen-bond acceptors (Lipinski definition) is 4. The molecule has 6 nitrogen and oxygen atoms in total. The van der Waals surface area contributed by atoms with E-state index in [4.69, 9.17) is 0 Å². The highest BCUT2D eigenvalue weighted by Crippen LogP contribution is 2.25. The van der Waals surface area contributed by atoms with Crippen LogP contribution in [0, 0.1) is 6.92 Å².